The van der Waals surface area contributed by atoms with Crippen molar-refractivity contribution in [1.82, 2.24) is 0 Å². The number of allylic oxidation sites excluding steroid dienone is 1. The number of ether oxygens (including phenoxy) is 5. The molecule has 2 N–H and O–H groups in total. The maximum Gasteiger partial charge on any atom is 0.231 e. The summed E-state index contributed by atoms with van der Waals surface area (Å²) in [6.07, 6.45) is 0. The fraction of sp³-hybridized carbons (Fsp3) is 0.160. The number of hydrogen-bond acceptors (Lipinski definition) is 7. The summed E-state index contributed by atoms with van der Waals surface area (Å²) in [5, 5.41) is 10.1. The molecule has 0 bridgehead atoms. The first kappa shape index (κ1) is 21.7. The molecule has 7 nitrogen and oxygen atoms in total. The summed E-state index contributed by atoms with van der Waals surface area (Å²) in [6.45, 7) is 0.256. The van der Waals surface area contributed by atoms with Crippen molar-refractivity contribution < 1.29 is 28.1 Å². The Kier molecular flexibility index (Phi) is 5.56. The fourth-order valence-corrected chi connectivity index (χ4v) is 4.25. The van der Waals surface area contributed by atoms with Crippen molar-refractivity contribution >= 4 is 11.6 Å². The van der Waals surface area contributed by atoms with Crippen LogP contribution in [0.15, 0.2) is 60.0 Å². The maximum absolute atomic E-state index is 13.2. The second-order valence-electron chi connectivity index (χ2n) is 7.62. The maximum atomic E-state index is 13.2. The molecule has 3 aromatic rings. The van der Waals surface area contributed by atoms with Crippen LogP contribution in [0.2, 0.25) is 5.02 Å². The minimum absolute atomic E-state index is 0.00871. The Balaban J connectivity index is 1.55. The Bertz CT molecular complexity index is 1350. The molecule has 0 radical (unpaired) electrons. The van der Waals surface area contributed by atoms with Crippen LogP contribution in [0.5, 0.6) is 28.7 Å². The van der Waals surface area contributed by atoms with E-state index in [9.17, 15) is 9.65 Å². The zero-order chi connectivity index (χ0) is 23.8. The van der Waals surface area contributed by atoms with Crippen molar-refractivity contribution in [2.24, 2.45) is 5.73 Å². The van der Waals surface area contributed by atoms with Gasteiger partial charge in [0, 0.05) is 11.6 Å². The molecule has 0 unspecified atom stereocenters. The van der Waals surface area contributed by atoms with Crippen LogP contribution >= 0.6 is 11.6 Å². The molecule has 0 spiro atoms. The number of fused-ring (bicyclic) bond motifs is 2. The highest BCUT2D eigenvalue weighted by Gasteiger charge is 2.34. The van der Waals surface area contributed by atoms with Crippen molar-refractivity contribution in [3.8, 4) is 34.8 Å². The van der Waals surface area contributed by atoms with Gasteiger partial charge in [0.05, 0.1) is 18.1 Å². The second kappa shape index (κ2) is 8.69. The quantitative estimate of drug-likeness (QED) is 0.548. The average Bonchev–Trinajstić information content (AvgIpc) is 3.29. The number of nitrogens with zero attached hydrogens (tertiary/aromatic N) is 1. The van der Waals surface area contributed by atoms with E-state index in [1.54, 1.807) is 36.4 Å². The Hall–Kier alpha value is -4.09. The summed E-state index contributed by atoms with van der Waals surface area (Å²) < 4.78 is 41.3. The lowest BCUT2D eigenvalue weighted by Gasteiger charge is -2.27. The van der Waals surface area contributed by atoms with Gasteiger partial charge in [0.15, 0.2) is 23.0 Å². The van der Waals surface area contributed by atoms with Crippen molar-refractivity contribution in [2.45, 2.75) is 12.5 Å². The zero-order valence-electron chi connectivity index (χ0n) is 17.9. The van der Waals surface area contributed by atoms with Crippen LogP contribution < -0.4 is 29.4 Å². The van der Waals surface area contributed by atoms with E-state index in [1.165, 1.54) is 19.2 Å². The van der Waals surface area contributed by atoms with Gasteiger partial charge in [-0.3, -0.25) is 0 Å². The first-order valence-corrected chi connectivity index (χ1v) is 10.6. The lowest BCUT2D eigenvalue weighted by atomic mass is 9.83. The molecule has 9 heteroatoms. The average molecular weight is 481 g/mol. The Labute approximate surface area is 199 Å². The van der Waals surface area contributed by atoms with Crippen molar-refractivity contribution in [3.05, 3.63) is 87.5 Å². The number of benzene rings is 3. The van der Waals surface area contributed by atoms with E-state index < -0.39 is 5.92 Å². The Morgan fingerprint density at radius 2 is 1.85 bits per heavy atom. The minimum atomic E-state index is -0.583. The predicted octanol–water partition coefficient (Wildman–Crippen LogP) is 5.01. The number of nitriles is 1. The third-order valence-electron chi connectivity index (χ3n) is 5.59. The normalized spacial score (nSPS) is 15.9. The van der Waals surface area contributed by atoms with E-state index >= 15 is 0 Å². The molecular formula is C25H18ClFN2O5. The van der Waals surface area contributed by atoms with Crippen molar-refractivity contribution in [3.63, 3.8) is 0 Å². The van der Waals surface area contributed by atoms with Crippen molar-refractivity contribution in [1.29, 1.82) is 5.26 Å². The molecule has 1 atom stereocenters. The van der Waals surface area contributed by atoms with Gasteiger partial charge in [0.25, 0.3) is 0 Å². The third-order valence-corrected chi connectivity index (χ3v) is 5.87. The van der Waals surface area contributed by atoms with E-state index in [2.05, 4.69) is 6.07 Å². The summed E-state index contributed by atoms with van der Waals surface area (Å²) in [5.74, 6) is 1.31. The first-order valence-electron chi connectivity index (χ1n) is 10.2. The number of nitrogens with two attached hydrogens (primary N) is 1. The molecule has 2 aliphatic heterocycles. The van der Waals surface area contributed by atoms with Crippen LogP contribution in [0, 0.1) is 17.1 Å². The summed E-state index contributed by atoms with van der Waals surface area (Å²) >= 11 is 6.60. The molecule has 0 aromatic heterocycles. The van der Waals surface area contributed by atoms with E-state index in [1.807, 2.05) is 0 Å². The lowest BCUT2D eigenvalue weighted by molar-refractivity contribution is 0.174. The smallest absolute Gasteiger partial charge is 0.231 e. The molecule has 5 rings (SSSR count). The topological polar surface area (TPSA) is 96.0 Å². The Morgan fingerprint density at radius 3 is 2.56 bits per heavy atom. The molecule has 3 aromatic carbocycles. The molecular weight excluding hydrogens is 463 g/mol. The number of methoxy groups -OCH3 is 1. The van der Waals surface area contributed by atoms with E-state index in [4.69, 9.17) is 41.0 Å². The van der Waals surface area contributed by atoms with Crippen LogP contribution in [0.1, 0.15) is 22.6 Å². The highest BCUT2D eigenvalue weighted by molar-refractivity contribution is 6.32. The van der Waals surface area contributed by atoms with Crippen LogP contribution in [0.4, 0.5) is 4.39 Å². The first-order chi connectivity index (χ1) is 16.5. The SMILES string of the molecule is COc1cc([C@@H]2C(C#N)=C(N)Oc3cc4c(cc32)OCO4)cc(Cl)c1OCc1ccc(F)cc1. The molecule has 34 heavy (non-hydrogen) atoms. The highest BCUT2D eigenvalue weighted by Crippen LogP contribution is 2.50. The largest absolute Gasteiger partial charge is 0.493 e. The molecule has 0 fully saturated rings. The monoisotopic (exact) mass is 480 g/mol. The number of halogens is 2. The molecule has 0 aliphatic carbocycles. The molecule has 0 saturated carbocycles. The third kappa shape index (κ3) is 3.80. The van der Waals surface area contributed by atoms with Gasteiger partial charge in [-0.25, -0.2) is 4.39 Å². The van der Waals surface area contributed by atoms with E-state index in [0.717, 1.165) is 5.56 Å². The standard InChI is InChI=1S/C25H18ClFN2O5/c1-30-22-7-14(6-18(26)24(22)31-11-13-2-4-15(27)5-3-13)23-16-8-20-21(33-12-32-20)9-19(16)34-25(29)17(23)10-28/h2-9,23H,11-12,29H2,1H3/t23-/m0/s1. The van der Waals surface area contributed by atoms with Gasteiger partial charge in [0.2, 0.25) is 12.7 Å². The van der Waals surface area contributed by atoms with Gasteiger partial charge in [-0.1, -0.05) is 23.7 Å². The summed E-state index contributed by atoms with van der Waals surface area (Å²) in [4.78, 5) is 0. The molecule has 0 saturated heterocycles. The fourth-order valence-electron chi connectivity index (χ4n) is 3.97. The molecule has 2 heterocycles. The zero-order valence-corrected chi connectivity index (χ0v) is 18.7. The van der Waals surface area contributed by atoms with Gasteiger partial charge < -0.3 is 29.4 Å². The number of rotatable bonds is 5. The Morgan fingerprint density at radius 1 is 1.12 bits per heavy atom. The van der Waals surface area contributed by atoms with Gasteiger partial charge >= 0.3 is 0 Å². The predicted molar refractivity (Wildman–Crippen MR) is 121 cm³/mol. The summed E-state index contributed by atoms with van der Waals surface area (Å²) in [5.41, 5.74) is 8.40. The summed E-state index contributed by atoms with van der Waals surface area (Å²) in [6, 6.07) is 15.0. The summed E-state index contributed by atoms with van der Waals surface area (Å²) in [7, 11) is 1.49. The minimum Gasteiger partial charge on any atom is -0.493 e. The van der Waals surface area contributed by atoms with Gasteiger partial charge in [-0.15, -0.1) is 0 Å². The van der Waals surface area contributed by atoms with Gasteiger partial charge in [-0.2, -0.15) is 5.26 Å². The van der Waals surface area contributed by atoms with Crippen LogP contribution in [0.25, 0.3) is 0 Å². The lowest BCUT2D eigenvalue weighted by Crippen LogP contribution is -2.21. The van der Waals surface area contributed by atoms with Gasteiger partial charge in [0.1, 0.15) is 29.8 Å². The van der Waals surface area contributed by atoms with Gasteiger partial charge in [-0.05, 0) is 41.5 Å². The highest BCUT2D eigenvalue weighted by atomic mass is 35.5. The van der Waals surface area contributed by atoms with Crippen LogP contribution in [-0.2, 0) is 6.61 Å². The van der Waals surface area contributed by atoms with E-state index in [-0.39, 0.29) is 35.7 Å². The molecule has 172 valence electrons. The number of hydrogen-bond donors (Lipinski definition) is 1. The second-order valence-corrected chi connectivity index (χ2v) is 8.02. The van der Waals surface area contributed by atoms with Crippen LogP contribution in [0.3, 0.4) is 0 Å². The molecule has 2 aliphatic rings. The molecule has 0 amide bonds. The van der Waals surface area contributed by atoms with Crippen LogP contribution in [-0.4, -0.2) is 13.9 Å². The van der Waals surface area contributed by atoms with E-state index in [0.29, 0.717) is 39.9 Å². The van der Waals surface area contributed by atoms with Crippen molar-refractivity contribution in [2.75, 3.05) is 13.9 Å².